The van der Waals surface area contributed by atoms with Crippen LogP contribution in [0.3, 0.4) is 0 Å². The second-order valence-electron chi connectivity index (χ2n) is 5.92. The summed E-state index contributed by atoms with van der Waals surface area (Å²) in [6.07, 6.45) is 5.66. The number of urea groups is 1. The minimum absolute atomic E-state index is 0.0993. The van der Waals surface area contributed by atoms with E-state index in [1.54, 1.807) is 28.6 Å². The van der Waals surface area contributed by atoms with Gasteiger partial charge in [-0.25, -0.2) is 9.78 Å². The maximum atomic E-state index is 12.8. The number of amides is 2. The third-order valence-corrected chi connectivity index (χ3v) is 6.08. The monoisotopic (exact) mass is 374 g/mol. The predicted octanol–water partition coefficient (Wildman–Crippen LogP) is 3.97. The summed E-state index contributed by atoms with van der Waals surface area (Å²) in [6, 6.07) is 5.67. The average molecular weight is 374 g/mol. The number of nitrogens with one attached hydrogen (secondary N) is 1. The molecule has 8 heteroatoms. The Balaban J connectivity index is 1.48. The highest BCUT2D eigenvalue weighted by atomic mass is 32.2. The average Bonchev–Trinajstić information content (AvgIpc) is 3.32. The zero-order chi connectivity index (χ0) is 17.1. The molecule has 0 unspecified atom stereocenters. The standard InChI is InChI=1S/C17H18N4O2S2/c22-17(20-16-19-14-5-8-24-15(14)25-16)21(11-13-4-2-7-23-13)10-12-3-1-6-18-9-12/h1,3,5-6,8-9,13H,2,4,7,10-11H2,(H,19,20,22)/t13-/m1/s1. The second-order valence-corrected chi connectivity index (χ2v) is 8.09. The van der Waals surface area contributed by atoms with E-state index in [2.05, 4.69) is 15.3 Å². The number of carbonyl (C=O) groups excluding carboxylic acids is 1. The largest absolute Gasteiger partial charge is 0.376 e. The predicted molar refractivity (Wildman–Crippen MR) is 100 cm³/mol. The fourth-order valence-electron chi connectivity index (χ4n) is 2.86. The van der Waals surface area contributed by atoms with Crippen molar-refractivity contribution in [2.45, 2.75) is 25.5 Å². The first-order chi connectivity index (χ1) is 12.3. The molecule has 25 heavy (non-hydrogen) atoms. The molecule has 130 valence electrons. The van der Waals surface area contributed by atoms with Crippen LogP contribution in [-0.2, 0) is 11.3 Å². The normalized spacial score (nSPS) is 17.0. The Morgan fingerprint density at radius 2 is 2.40 bits per heavy atom. The highest BCUT2D eigenvalue weighted by Crippen LogP contribution is 2.30. The van der Waals surface area contributed by atoms with Gasteiger partial charge in [0, 0.05) is 32.1 Å². The molecular weight excluding hydrogens is 356 g/mol. The minimum Gasteiger partial charge on any atom is -0.376 e. The van der Waals surface area contributed by atoms with Gasteiger partial charge in [-0.1, -0.05) is 17.4 Å². The molecule has 1 saturated heterocycles. The molecule has 4 rings (SSSR count). The molecule has 6 nitrogen and oxygen atoms in total. The van der Waals surface area contributed by atoms with E-state index in [-0.39, 0.29) is 12.1 Å². The fraction of sp³-hybridized carbons (Fsp3) is 0.353. The molecule has 2 amide bonds. The molecule has 3 aromatic heterocycles. The molecule has 0 aliphatic carbocycles. The van der Waals surface area contributed by atoms with Gasteiger partial charge in [-0.15, -0.1) is 11.3 Å². The summed E-state index contributed by atoms with van der Waals surface area (Å²) in [4.78, 5) is 23.2. The van der Waals surface area contributed by atoms with E-state index < -0.39 is 0 Å². The van der Waals surface area contributed by atoms with Crippen molar-refractivity contribution < 1.29 is 9.53 Å². The summed E-state index contributed by atoms with van der Waals surface area (Å²) >= 11 is 3.14. The minimum atomic E-state index is -0.152. The van der Waals surface area contributed by atoms with E-state index in [0.29, 0.717) is 18.2 Å². The highest BCUT2D eigenvalue weighted by Gasteiger charge is 2.23. The zero-order valence-electron chi connectivity index (χ0n) is 13.6. The van der Waals surface area contributed by atoms with Gasteiger partial charge in [0.05, 0.1) is 11.6 Å². The Labute approximate surface area is 153 Å². The van der Waals surface area contributed by atoms with Gasteiger partial charge in [-0.05, 0) is 35.9 Å². The number of fused-ring (bicyclic) bond motifs is 1. The van der Waals surface area contributed by atoms with Crippen molar-refractivity contribution in [3.8, 4) is 0 Å². The molecule has 0 spiro atoms. The molecule has 1 fully saturated rings. The lowest BCUT2D eigenvalue weighted by Gasteiger charge is -2.25. The van der Waals surface area contributed by atoms with Crippen LogP contribution >= 0.6 is 22.7 Å². The summed E-state index contributed by atoms with van der Waals surface area (Å²) in [5.74, 6) is 0. The molecule has 1 N–H and O–H groups in total. The third kappa shape index (κ3) is 3.97. The maximum absolute atomic E-state index is 12.8. The summed E-state index contributed by atoms with van der Waals surface area (Å²) in [7, 11) is 0. The number of rotatable bonds is 5. The lowest BCUT2D eigenvalue weighted by molar-refractivity contribution is 0.0819. The van der Waals surface area contributed by atoms with E-state index in [1.807, 2.05) is 23.6 Å². The van der Waals surface area contributed by atoms with Gasteiger partial charge in [0.15, 0.2) is 5.13 Å². The van der Waals surface area contributed by atoms with Gasteiger partial charge < -0.3 is 9.64 Å². The SMILES string of the molecule is O=C(Nc1nc2ccsc2s1)N(Cc1cccnc1)C[C@H]1CCCO1. The van der Waals surface area contributed by atoms with Crippen molar-refractivity contribution in [2.75, 3.05) is 18.5 Å². The van der Waals surface area contributed by atoms with Crippen molar-refractivity contribution in [3.63, 3.8) is 0 Å². The van der Waals surface area contributed by atoms with Gasteiger partial charge in [-0.3, -0.25) is 10.3 Å². The number of pyridine rings is 1. The van der Waals surface area contributed by atoms with Crippen molar-refractivity contribution in [3.05, 3.63) is 41.5 Å². The van der Waals surface area contributed by atoms with E-state index in [9.17, 15) is 4.79 Å². The van der Waals surface area contributed by atoms with Crippen molar-refractivity contribution in [1.29, 1.82) is 0 Å². The molecular formula is C17H18N4O2S2. The number of hydrogen-bond acceptors (Lipinski definition) is 6. The van der Waals surface area contributed by atoms with Crippen LogP contribution in [0.25, 0.3) is 9.53 Å². The van der Waals surface area contributed by atoms with Crippen LogP contribution < -0.4 is 5.32 Å². The van der Waals surface area contributed by atoms with Crippen LogP contribution in [0.1, 0.15) is 18.4 Å². The number of aromatic nitrogens is 2. The van der Waals surface area contributed by atoms with E-state index >= 15 is 0 Å². The van der Waals surface area contributed by atoms with Crippen LogP contribution in [-0.4, -0.2) is 40.2 Å². The van der Waals surface area contributed by atoms with Gasteiger partial charge in [0.25, 0.3) is 0 Å². The zero-order valence-corrected chi connectivity index (χ0v) is 15.2. The Kier molecular flexibility index (Phi) is 4.91. The molecule has 1 aliphatic heterocycles. The van der Waals surface area contributed by atoms with Crippen LogP contribution in [0.4, 0.5) is 9.93 Å². The Hall–Kier alpha value is -2.03. The lowest BCUT2D eigenvalue weighted by atomic mass is 10.2. The quantitative estimate of drug-likeness (QED) is 0.734. The number of thiazole rings is 1. The van der Waals surface area contributed by atoms with Crippen LogP contribution in [0.15, 0.2) is 36.0 Å². The Bertz CT molecular complexity index is 814. The molecule has 0 radical (unpaired) electrons. The number of ether oxygens (including phenoxy) is 1. The number of carbonyl (C=O) groups is 1. The van der Waals surface area contributed by atoms with Gasteiger partial charge in [0.1, 0.15) is 4.01 Å². The molecule has 0 bridgehead atoms. The number of nitrogens with zero attached hydrogens (tertiary/aromatic N) is 3. The summed E-state index contributed by atoms with van der Waals surface area (Å²) < 4.78 is 6.83. The highest BCUT2D eigenvalue weighted by molar-refractivity contribution is 7.39. The smallest absolute Gasteiger partial charge is 0.324 e. The molecule has 4 heterocycles. The van der Waals surface area contributed by atoms with Gasteiger partial charge in [-0.2, -0.15) is 0 Å². The molecule has 0 aromatic carbocycles. The number of anilines is 1. The maximum Gasteiger partial charge on any atom is 0.324 e. The first-order valence-corrected chi connectivity index (χ1v) is 9.88. The van der Waals surface area contributed by atoms with E-state index in [4.69, 9.17) is 4.74 Å². The van der Waals surface area contributed by atoms with Gasteiger partial charge in [0.2, 0.25) is 0 Å². The van der Waals surface area contributed by atoms with Crippen LogP contribution in [0.5, 0.6) is 0 Å². The summed E-state index contributed by atoms with van der Waals surface area (Å²) in [6.45, 7) is 1.84. The van der Waals surface area contributed by atoms with Crippen molar-refractivity contribution in [2.24, 2.45) is 0 Å². The number of hydrogen-bond donors (Lipinski definition) is 1. The second kappa shape index (κ2) is 7.47. The first-order valence-electron chi connectivity index (χ1n) is 8.18. The summed E-state index contributed by atoms with van der Waals surface area (Å²) in [5, 5.41) is 5.58. The van der Waals surface area contributed by atoms with Crippen LogP contribution in [0, 0.1) is 0 Å². The number of thiophene rings is 1. The van der Waals surface area contributed by atoms with Gasteiger partial charge >= 0.3 is 6.03 Å². The topological polar surface area (TPSA) is 67.4 Å². The fourth-order valence-corrected chi connectivity index (χ4v) is 4.68. The summed E-state index contributed by atoms with van der Waals surface area (Å²) in [5.41, 5.74) is 1.93. The van der Waals surface area contributed by atoms with E-state index in [1.165, 1.54) is 11.3 Å². The van der Waals surface area contributed by atoms with Crippen molar-refractivity contribution >= 4 is 43.4 Å². The van der Waals surface area contributed by atoms with Crippen LogP contribution in [0.2, 0.25) is 0 Å². The molecule has 1 aliphatic rings. The molecule has 3 aromatic rings. The van der Waals surface area contributed by atoms with Crippen molar-refractivity contribution in [1.82, 2.24) is 14.9 Å². The lowest BCUT2D eigenvalue weighted by Crippen LogP contribution is -2.39. The third-order valence-electron chi connectivity index (χ3n) is 4.07. The molecule has 1 atom stereocenters. The Morgan fingerprint density at radius 1 is 1.44 bits per heavy atom. The van der Waals surface area contributed by atoms with E-state index in [0.717, 1.165) is 34.5 Å². The molecule has 0 saturated carbocycles. The Morgan fingerprint density at radius 3 is 3.16 bits per heavy atom. The first kappa shape index (κ1) is 16.4.